The van der Waals surface area contributed by atoms with E-state index in [0.29, 0.717) is 30.5 Å². The summed E-state index contributed by atoms with van der Waals surface area (Å²) in [5, 5.41) is 25.2. The molecule has 9 atom stereocenters. The van der Waals surface area contributed by atoms with Crippen molar-refractivity contribution >= 4 is 28.6 Å². The molecule has 0 radical (unpaired) electrons. The van der Waals surface area contributed by atoms with E-state index in [0.717, 1.165) is 16.9 Å². The molecule has 7 rings (SSSR count). The number of alkyl halides is 1. The van der Waals surface area contributed by atoms with Crippen LogP contribution in [0.2, 0.25) is 0 Å². The molecule has 1 aliphatic heterocycles. The van der Waals surface area contributed by atoms with Gasteiger partial charge in [-0.3, -0.25) is 9.59 Å². The number of aliphatic hydroxyl groups is 2. The maximum absolute atomic E-state index is 17.5. The van der Waals surface area contributed by atoms with Gasteiger partial charge in [0.15, 0.2) is 23.3 Å². The van der Waals surface area contributed by atoms with E-state index in [4.69, 9.17) is 15.2 Å². The fourth-order valence-electron chi connectivity index (χ4n) is 9.24. The zero-order valence-electron chi connectivity index (χ0n) is 24.3. The standard InChI is InChI=1S/C34H37FN2O6/c1-31-13-12-24(39)14-20(31)8-11-25-26-16-29-34(28(41)18-38,32(26,2)17-27(40)33(25,31)35)43-30(42-29)19-6-9-22(10-7-19)37-23-5-3-4-21(36)15-23/h3-7,9-10,12-15,25-27,29-30,37-38,40H,8,11,16-18,36H2,1-2H3/p+1/t25-,26-,27-,29+,30+,31-,32-,33-,34+/m0/s1. The van der Waals surface area contributed by atoms with Gasteiger partial charge in [0.2, 0.25) is 0 Å². The lowest BCUT2D eigenvalue weighted by molar-refractivity contribution is -0.231. The zero-order chi connectivity index (χ0) is 30.4. The molecular weight excluding hydrogens is 551 g/mol. The molecule has 4 aliphatic carbocycles. The largest absolute Gasteiger partial charge is 0.399 e. The molecular formula is C34H38FN2O6+. The van der Waals surface area contributed by atoms with Gasteiger partial charge in [-0.25, -0.2) is 4.39 Å². The van der Waals surface area contributed by atoms with Crippen molar-refractivity contribution in [1.29, 1.82) is 0 Å². The summed E-state index contributed by atoms with van der Waals surface area (Å²) in [4.78, 5) is 23.8. The first-order chi connectivity index (χ1) is 20.5. The van der Waals surface area contributed by atoms with Crippen molar-refractivity contribution in [2.45, 2.75) is 69.3 Å². The predicted octanol–water partition coefficient (Wildman–Crippen LogP) is 4.68. The maximum atomic E-state index is 17.5. The number of fused-ring (bicyclic) bond motifs is 7. The maximum Gasteiger partial charge on any atom is 0.339 e. The normalized spacial score (nSPS) is 41.1. The van der Waals surface area contributed by atoms with E-state index >= 15 is 4.39 Å². The van der Waals surface area contributed by atoms with E-state index in [-0.39, 0.29) is 18.1 Å². The highest BCUT2D eigenvalue weighted by Crippen LogP contribution is 2.72. The Labute approximate surface area is 249 Å². The quantitative estimate of drug-likeness (QED) is 0.294. The molecule has 9 heteroatoms. The summed E-state index contributed by atoms with van der Waals surface area (Å²) in [7, 11) is 0. The number of rotatable bonds is 5. The molecule has 1 heterocycles. The predicted molar refractivity (Wildman–Crippen MR) is 160 cm³/mol. The Kier molecular flexibility index (Phi) is 6.32. The molecule has 0 spiro atoms. The summed E-state index contributed by atoms with van der Waals surface area (Å²) < 4.78 is 30.6. The van der Waals surface area contributed by atoms with Crippen LogP contribution in [0.25, 0.3) is 0 Å². The number of allylic oxidation sites excluding steroid dienone is 4. The summed E-state index contributed by atoms with van der Waals surface area (Å²) in [5.74, 6) is -1.35. The van der Waals surface area contributed by atoms with Crippen LogP contribution in [0.4, 0.5) is 21.5 Å². The second-order valence-electron chi connectivity index (χ2n) is 13.3. The number of Topliss-reactive ketones (excluding diaryl/α,β-unsaturated/α-hetero) is 1. The third-order valence-corrected chi connectivity index (χ3v) is 11.3. The first kappa shape index (κ1) is 28.4. The van der Waals surface area contributed by atoms with Crippen molar-refractivity contribution in [3.63, 3.8) is 0 Å². The number of nitrogen functional groups attached to an aromatic ring is 1. The number of aliphatic hydroxyl groups excluding tert-OH is 2. The number of nitrogens with one attached hydrogen (secondary N) is 1. The SMILES string of the molecule is C[C@]12C=CC(=[OH+])C=C1CC[C@H]1[C@@H]3C[C@H]4O[C@@H](c5ccc(Nc6cccc(N)c6)cc5)O[C@@]4(C(=O)CO)[C@@]3(C)C[C@H](O)[C@@]12F. The molecule has 4 fully saturated rings. The molecule has 2 aromatic carbocycles. The van der Waals surface area contributed by atoms with Gasteiger partial charge in [-0.1, -0.05) is 31.2 Å². The first-order valence-electron chi connectivity index (χ1n) is 15.0. The van der Waals surface area contributed by atoms with Crippen molar-refractivity contribution in [2.24, 2.45) is 22.7 Å². The minimum atomic E-state index is -2.01. The average molecular weight is 590 g/mol. The summed E-state index contributed by atoms with van der Waals surface area (Å²) in [6, 6.07) is 14.9. The van der Waals surface area contributed by atoms with Gasteiger partial charge >= 0.3 is 5.78 Å². The molecule has 3 saturated carbocycles. The topological polar surface area (TPSA) is 135 Å². The van der Waals surface area contributed by atoms with Gasteiger partial charge in [0.1, 0.15) is 6.61 Å². The number of hydrogen-bond acceptors (Lipinski definition) is 7. The number of benzene rings is 2. The number of carbonyl (C=O) groups excluding carboxylic acids is 2. The van der Waals surface area contributed by atoms with Gasteiger partial charge in [0.05, 0.1) is 12.2 Å². The molecule has 8 nitrogen and oxygen atoms in total. The van der Waals surface area contributed by atoms with Crippen LogP contribution < -0.4 is 11.1 Å². The summed E-state index contributed by atoms with van der Waals surface area (Å²) in [6.07, 6.45) is 3.16. The number of anilines is 3. The van der Waals surface area contributed by atoms with Crippen LogP contribution in [0.15, 0.2) is 72.3 Å². The second-order valence-corrected chi connectivity index (χ2v) is 13.3. The van der Waals surface area contributed by atoms with E-state index in [2.05, 4.69) is 5.32 Å². The van der Waals surface area contributed by atoms with Crippen LogP contribution in [0, 0.1) is 22.7 Å². The third kappa shape index (κ3) is 3.75. The molecule has 0 unspecified atom stereocenters. The number of nitrogens with two attached hydrogens (primary N) is 1. The van der Waals surface area contributed by atoms with Gasteiger partial charge in [-0.2, -0.15) is 0 Å². The van der Waals surface area contributed by atoms with Gasteiger partial charge in [-0.15, -0.1) is 0 Å². The van der Waals surface area contributed by atoms with Crippen LogP contribution in [0.1, 0.15) is 51.4 Å². The number of ether oxygens (including phenoxy) is 2. The molecule has 0 amide bonds. The highest BCUT2D eigenvalue weighted by atomic mass is 19.1. The van der Waals surface area contributed by atoms with E-state index in [1.54, 1.807) is 19.1 Å². The van der Waals surface area contributed by atoms with Crippen molar-refractivity contribution in [3.8, 4) is 0 Å². The second kappa shape index (κ2) is 9.56. The smallest absolute Gasteiger partial charge is 0.339 e. The van der Waals surface area contributed by atoms with E-state index in [1.165, 1.54) is 6.08 Å². The van der Waals surface area contributed by atoms with Crippen molar-refractivity contribution < 1.29 is 33.7 Å². The molecule has 0 aromatic heterocycles. The Morgan fingerprint density at radius 3 is 2.65 bits per heavy atom. The van der Waals surface area contributed by atoms with Gasteiger partial charge in [0, 0.05) is 51.5 Å². The van der Waals surface area contributed by atoms with Crippen LogP contribution >= 0.6 is 0 Å². The average Bonchev–Trinajstić information content (AvgIpc) is 3.47. The summed E-state index contributed by atoms with van der Waals surface area (Å²) >= 11 is 0. The molecule has 0 bridgehead atoms. The Morgan fingerprint density at radius 1 is 1.16 bits per heavy atom. The van der Waals surface area contributed by atoms with Crippen molar-refractivity contribution in [3.05, 3.63) is 77.9 Å². The summed E-state index contributed by atoms with van der Waals surface area (Å²) in [5.41, 5.74) is 4.06. The molecule has 5 aliphatic rings. The fraction of sp³-hybridized carbons (Fsp3) is 0.471. The molecule has 226 valence electrons. The lowest BCUT2D eigenvalue weighted by Gasteiger charge is -2.62. The Morgan fingerprint density at radius 2 is 1.93 bits per heavy atom. The first-order valence-corrected chi connectivity index (χ1v) is 15.0. The van der Waals surface area contributed by atoms with Gasteiger partial charge in [0.25, 0.3) is 0 Å². The highest BCUT2D eigenvalue weighted by molar-refractivity contribution is 6.02. The lowest BCUT2D eigenvalue weighted by atomic mass is 9.44. The highest BCUT2D eigenvalue weighted by Gasteiger charge is 2.79. The molecule has 2 aromatic rings. The minimum Gasteiger partial charge on any atom is -0.399 e. The Hall–Kier alpha value is -3.37. The van der Waals surface area contributed by atoms with E-state index < -0.39 is 58.9 Å². The molecule has 1 saturated heterocycles. The minimum absolute atomic E-state index is 0.0293. The summed E-state index contributed by atoms with van der Waals surface area (Å²) in [6.45, 7) is 2.93. The van der Waals surface area contributed by atoms with E-state index in [1.807, 2.05) is 55.5 Å². The zero-order valence-corrected chi connectivity index (χ0v) is 24.3. The van der Waals surface area contributed by atoms with Crippen molar-refractivity contribution in [1.82, 2.24) is 0 Å². The fourth-order valence-corrected chi connectivity index (χ4v) is 9.24. The van der Waals surface area contributed by atoms with Crippen LogP contribution in [-0.2, 0) is 14.3 Å². The third-order valence-electron chi connectivity index (χ3n) is 11.3. The molecule has 43 heavy (non-hydrogen) atoms. The van der Waals surface area contributed by atoms with Crippen LogP contribution in [0.3, 0.4) is 0 Å². The number of carbonyl (C=O) groups is 1. The van der Waals surface area contributed by atoms with E-state index in [9.17, 15) is 19.8 Å². The van der Waals surface area contributed by atoms with Gasteiger partial charge < -0.3 is 30.7 Å². The van der Waals surface area contributed by atoms with Gasteiger partial charge in [-0.05, 0) is 74.4 Å². The Balaban J connectivity index is 1.20. The monoisotopic (exact) mass is 589 g/mol. The number of halogens is 1. The number of ketones is 2. The van der Waals surface area contributed by atoms with Crippen LogP contribution in [-0.4, -0.2) is 56.7 Å². The Bertz CT molecular complexity index is 1560. The lowest BCUT2D eigenvalue weighted by Crippen LogP contribution is -2.69. The molecule has 6 N–H and O–H groups in total. The van der Waals surface area contributed by atoms with Crippen molar-refractivity contribution in [2.75, 3.05) is 17.7 Å². The number of hydrogen-bond donors (Lipinski definition) is 4. The van der Waals surface area contributed by atoms with Crippen LogP contribution in [0.5, 0.6) is 0 Å².